The highest BCUT2D eigenvalue weighted by molar-refractivity contribution is 5.99. The highest BCUT2D eigenvalue weighted by Crippen LogP contribution is 2.33. The number of aryl methyl sites for hydroxylation is 2. The number of ether oxygens (including phenoxy) is 2. The van der Waals surface area contributed by atoms with Gasteiger partial charge in [-0.25, -0.2) is 14.1 Å². The summed E-state index contributed by atoms with van der Waals surface area (Å²) in [4.78, 5) is 36.4. The second kappa shape index (κ2) is 19.4. The highest BCUT2D eigenvalue weighted by Gasteiger charge is 2.27. The number of hydrogen-bond acceptors (Lipinski definition) is 9. The third kappa shape index (κ3) is 9.70. The van der Waals surface area contributed by atoms with Crippen molar-refractivity contribution in [3.63, 3.8) is 0 Å². The number of piperidine rings is 1. The predicted molar refractivity (Wildman–Crippen MR) is 231 cm³/mol. The molecule has 3 saturated heterocycles. The first kappa shape index (κ1) is 41.5. The van der Waals surface area contributed by atoms with E-state index < -0.39 is 0 Å². The van der Waals surface area contributed by atoms with E-state index in [4.69, 9.17) is 14.5 Å². The van der Waals surface area contributed by atoms with E-state index >= 15 is 4.39 Å². The Balaban J connectivity index is 0.864. The average Bonchev–Trinajstić information content (AvgIpc) is 3.72. The van der Waals surface area contributed by atoms with Crippen LogP contribution in [0.15, 0.2) is 72.9 Å². The van der Waals surface area contributed by atoms with Crippen molar-refractivity contribution in [1.82, 2.24) is 35.2 Å². The van der Waals surface area contributed by atoms with Crippen molar-refractivity contribution in [3.05, 3.63) is 112 Å². The molecule has 5 heterocycles. The first-order valence-electron chi connectivity index (χ1n) is 21.7. The lowest BCUT2D eigenvalue weighted by Crippen LogP contribution is -2.42. The van der Waals surface area contributed by atoms with E-state index in [0.29, 0.717) is 55.3 Å². The van der Waals surface area contributed by atoms with Gasteiger partial charge in [-0.3, -0.25) is 14.5 Å². The molecule has 0 atom stereocenters. The van der Waals surface area contributed by atoms with Crippen LogP contribution >= 0.6 is 0 Å². The fourth-order valence-electron chi connectivity index (χ4n) is 8.62. The van der Waals surface area contributed by atoms with Crippen LogP contribution in [0.4, 0.5) is 10.1 Å². The Morgan fingerprint density at radius 2 is 1.70 bits per heavy atom. The smallest absolute Gasteiger partial charge is 0.253 e. The van der Waals surface area contributed by atoms with Gasteiger partial charge in [0.05, 0.1) is 35.7 Å². The maximum atomic E-state index is 15.1. The van der Waals surface area contributed by atoms with Crippen molar-refractivity contribution in [2.45, 2.75) is 84.3 Å². The summed E-state index contributed by atoms with van der Waals surface area (Å²) in [6.07, 6.45) is 5.98. The Labute approximate surface area is 351 Å². The molecular formula is C47H57FN8O4. The summed E-state index contributed by atoms with van der Waals surface area (Å²) in [6.45, 7) is 12.9. The molecule has 2 aromatic heterocycles. The summed E-state index contributed by atoms with van der Waals surface area (Å²) in [7, 11) is 0. The summed E-state index contributed by atoms with van der Waals surface area (Å²) < 4.78 is 29.3. The molecule has 12 nitrogen and oxygen atoms in total. The first-order valence-corrected chi connectivity index (χ1v) is 21.7. The van der Waals surface area contributed by atoms with E-state index in [9.17, 15) is 9.59 Å². The van der Waals surface area contributed by atoms with Gasteiger partial charge < -0.3 is 30.3 Å². The maximum Gasteiger partial charge on any atom is 0.253 e. The third-order valence-corrected chi connectivity index (χ3v) is 12.1. The van der Waals surface area contributed by atoms with Crippen molar-refractivity contribution in [2.75, 3.05) is 57.8 Å². The Kier molecular flexibility index (Phi) is 13.5. The molecule has 3 N–H and O–H groups in total. The van der Waals surface area contributed by atoms with Crippen molar-refractivity contribution in [1.29, 1.82) is 0 Å². The van der Waals surface area contributed by atoms with Gasteiger partial charge in [-0.05, 0) is 92.1 Å². The van der Waals surface area contributed by atoms with Crippen LogP contribution in [0.1, 0.15) is 82.6 Å². The quantitative estimate of drug-likeness (QED) is 0.114. The average molecular weight is 817 g/mol. The minimum absolute atomic E-state index is 0.00546. The molecule has 0 saturated carbocycles. The normalized spacial score (nSPS) is 16.9. The van der Waals surface area contributed by atoms with Gasteiger partial charge in [-0.1, -0.05) is 37.3 Å². The molecule has 3 aliphatic rings. The zero-order valence-electron chi connectivity index (χ0n) is 34.9. The lowest BCUT2D eigenvalue weighted by atomic mass is 10.00. The predicted octanol–water partition coefficient (Wildman–Crippen LogP) is 6.57. The van der Waals surface area contributed by atoms with Crippen LogP contribution in [-0.2, 0) is 42.1 Å². The summed E-state index contributed by atoms with van der Waals surface area (Å²) in [5, 5.41) is 15.8. The number of pyridine rings is 1. The molecule has 5 aromatic rings. The fourth-order valence-corrected chi connectivity index (χ4v) is 8.62. The molecular weight excluding hydrogens is 760 g/mol. The van der Waals surface area contributed by atoms with Crippen LogP contribution in [-0.4, -0.2) is 101 Å². The number of aromatic nitrogens is 3. The number of nitrogens with zero attached hydrogens (tertiary/aromatic N) is 5. The number of hydrogen-bond donors (Lipinski definition) is 3. The van der Waals surface area contributed by atoms with Crippen LogP contribution < -0.4 is 16.0 Å². The Morgan fingerprint density at radius 3 is 2.48 bits per heavy atom. The number of likely N-dealkylation sites (tertiary alicyclic amines) is 1. The van der Waals surface area contributed by atoms with E-state index in [-0.39, 0.29) is 30.3 Å². The molecule has 2 amide bonds. The van der Waals surface area contributed by atoms with Crippen LogP contribution in [0.5, 0.6) is 0 Å². The first-order chi connectivity index (χ1) is 29.4. The fraction of sp³-hybridized carbons (Fsp3) is 0.447. The van der Waals surface area contributed by atoms with Crippen molar-refractivity contribution >= 4 is 28.5 Å². The molecule has 3 aliphatic heterocycles. The Hall–Kier alpha value is -5.21. The van der Waals surface area contributed by atoms with E-state index in [0.717, 1.165) is 116 Å². The number of anilines is 1. The minimum atomic E-state index is -0.306. The molecule has 0 aliphatic carbocycles. The number of amides is 2. The number of piperazine rings is 1. The summed E-state index contributed by atoms with van der Waals surface area (Å²) in [6, 6.07) is 20.2. The monoisotopic (exact) mass is 816 g/mol. The van der Waals surface area contributed by atoms with Crippen molar-refractivity contribution in [2.24, 2.45) is 0 Å². The zero-order valence-corrected chi connectivity index (χ0v) is 34.9. The highest BCUT2D eigenvalue weighted by atomic mass is 19.1. The number of halogens is 1. The lowest BCUT2D eigenvalue weighted by molar-refractivity contribution is -0.000497. The van der Waals surface area contributed by atoms with Gasteiger partial charge in [0.1, 0.15) is 5.82 Å². The number of carbonyl (C=O) groups is 2. The van der Waals surface area contributed by atoms with Gasteiger partial charge in [0.25, 0.3) is 11.8 Å². The zero-order chi connectivity index (χ0) is 41.4. The third-order valence-electron chi connectivity index (χ3n) is 12.1. The van der Waals surface area contributed by atoms with E-state index in [1.54, 1.807) is 36.4 Å². The van der Waals surface area contributed by atoms with Crippen LogP contribution in [0.25, 0.3) is 22.2 Å². The van der Waals surface area contributed by atoms with Gasteiger partial charge >= 0.3 is 0 Å². The molecule has 316 valence electrons. The van der Waals surface area contributed by atoms with Gasteiger partial charge in [0.2, 0.25) is 0 Å². The number of carbonyl (C=O) groups excluding carboxylic acids is 2. The van der Waals surface area contributed by atoms with Gasteiger partial charge in [-0.2, -0.15) is 5.10 Å². The summed E-state index contributed by atoms with van der Waals surface area (Å²) in [5.41, 5.74) is 8.14. The van der Waals surface area contributed by atoms with Crippen molar-refractivity contribution < 1.29 is 23.5 Å². The second-order valence-electron chi connectivity index (χ2n) is 16.1. The van der Waals surface area contributed by atoms with Crippen LogP contribution in [0, 0.1) is 5.82 Å². The van der Waals surface area contributed by atoms with Gasteiger partial charge in [0.15, 0.2) is 5.65 Å². The minimum Gasteiger partial charge on any atom is -0.381 e. The van der Waals surface area contributed by atoms with Crippen LogP contribution in [0.2, 0.25) is 0 Å². The number of fused-ring (bicyclic) bond motifs is 1. The molecule has 60 heavy (non-hydrogen) atoms. The molecule has 0 spiro atoms. The summed E-state index contributed by atoms with van der Waals surface area (Å²) in [5.74, 6) is -0.712. The molecule has 0 bridgehead atoms. The Morgan fingerprint density at radius 1 is 0.917 bits per heavy atom. The van der Waals surface area contributed by atoms with Crippen LogP contribution in [0.3, 0.4) is 0 Å². The largest absolute Gasteiger partial charge is 0.381 e. The van der Waals surface area contributed by atoms with E-state index in [1.807, 2.05) is 34.0 Å². The topological polar surface area (TPSA) is 126 Å². The lowest BCUT2D eigenvalue weighted by Gasteiger charge is -2.32. The molecule has 0 radical (unpaired) electrons. The second-order valence-corrected chi connectivity index (χ2v) is 16.1. The standard InChI is InChI=1S/C47H57FN8O4/c1-3-43-41(44(52-37-15-23-59-24-16-37)40-29-51-56(4-2)45(40)53-43)31-60-38-13-19-55(20-14-38)47(58)36-10-6-9-35(27-36)46(57)50-28-32-11-12-42(48)39(26-32)34-8-5-7-33(25-34)30-54-21-17-49-18-22-54/h5-12,25-27,29,37-38,49H,3-4,13-24,28,30-31H2,1-2H3,(H,50,57)(H,52,53). The Bertz CT molecular complexity index is 2280. The van der Waals surface area contributed by atoms with Crippen molar-refractivity contribution in [3.8, 4) is 11.1 Å². The maximum absolute atomic E-state index is 15.1. The van der Waals surface area contributed by atoms with E-state index in [2.05, 4.69) is 45.9 Å². The molecule has 8 rings (SSSR count). The number of benzene rings is 3. The molecule has 13 heteroatoms. The van der Waals surface area contributed by atoms with E-state index in [1.165, 1.54) is 6.07 Å². The van der Waals surface area contributed by atoms with Gasteiger partial charge in [-0.15, -0.1) is 0 Å². The number of nitrogens with one attached hydrogen (secondary N) is 3. The molecule has 3 fully saturated rings. The number of rotatable bonds is 14. The van der Waals surface area contributed by atoms with Gasteiger partial charge in [0, 0.05) is 100 Å². The molecule has 3 aromatic carbocycles. The molecule has 0 unspecified atom stereocenters. The summed E-state index contributed by atoms with van der Waals surface area (Å²) >= 11 is 0. The SMILES string of the molecule is CCc1nc2c(cnn2CC)c(NC2CCOCC2)c1COC1CCN(C(=O)c2cccc(C(=O)NCc3ccc(F)c(-c4cccc(CN5CCNCC5)c4)c3)c2)CC1.